The number of aromatic nitrogens is 2. The first-order valence-electron chi connectivity index (χ1n) is 6.34. The number of esters is 1. The normalized spacial score (nSPS) is 10.3. The Kier molecular flexibility index (Phi) is 7.25. The molecule has 0 unspecified atom stereocenters. The number of nitrogens with one attached hydrogen (secondary N) is 1. The van der Waals surface area contributed by atoms with E-state index in [1.165, 1.54) is 25.7 Å². The second-order valence-electron chi connectivity index (χ2n) is 4.19. The number of methoxy groups -OCH3 is 1. The summed E-state index contributed by atoms with van der Waals surface area (Å²) in [6.45, 7) is 2.68. The Balaban J connectivity index is 2.45. The predicted octanol–water partition coefficient (Wildman–Crippen LogP) is 2.52. The lowest BCUT2D eigenvalue weighted by molar-refractivity contribution is 0.0586. The lowest BCUT2D eigenvalue weighted by Crippen LogP contribution is -2.12. The van der Waals surface area contributed by atoms with Gasteiger partial charge in [0.15, 0.2) is 0 Å². The molecule has 1 N–H and O–H groups in total. The van der Waals surface area contributed by atoms with Crippen molar-refractivity contribution in [3.63, 3.8) is 0 Å². The summed E-state index contributed by atoms with van der Waals surface area (Å²) in [7, 11) is 1.33. The Morgan fingerprint density at radius 3 is 2.84 bits per heavy atom. The van der Waals surface area contributed by atoms with Crippen molar-refractivity contribution >= 4 is 23.5 Å². The van der Waals surface area contributed by atoms with Crippen LogP contribution in [0.1, 0.15) is 35.6 Å². The lowest BCUT2D eigenvalue weighted by atomic mass is 10.2. The Hall–Kier alpha value is -1.30. The van der Waals surface area contributed by atoms with E-state index in [0.717, 1.165) is 18.7 Å². The maximum absolute atomic E-state index is 11.4. The number of rotatable bonds is 8. The topological polar surface area (TPSA) is 64.1 Å². The molecule has 0 saturated heterocycles. The summed E-state index contributed by atoms with van der Waals surface area (Å²) >= 11 is 1.87. The number of carbonyl (C=O) groups is 1. The summed E-state index contributed by atoms with van der Waals surface area (Å²) in [5.74, 6) is 1.48. The molecule has 1 rings (SSSR count). The van der Waals surface area contributed by atoms with Gasteiger partial charge in [-0.05, 0) is 31.8 Å². The molecule has 106 valence electrons. The van der Waals surface area contributed by atoms with Crippen LogP contribution in [0.2, 0.25) is 0 Å². The van der Waals surface area contributed by atoms with Crippen LogP contribution in [-0.2, 0) is 4.74 Å². The number of thioether (sulfide) groups is 1. The van der Waals surface area contributed by atoms with Gasteiger partial charge in [0.25, 0.3) is 0 Å². The van der Waals surface area contributed by atoms with Gasteiger partial charge >= 0.3 is 5.97 Å². The molecule has 6 heteroatoms. The van der Waals surface area contributed by atoms with Gasteiger partial charge in [0.05, 0.1) is 7.11 Å². The van der Waals surface area contributed by atoms with Gasteiger partial charge in [-0.2, -0.15) is 11.8 Å². The molecule has 0 amide bonds. The van der Waals surface area contributed by atoms with Gasteiger partial charge in [0.2, 0.25) is 5.82 Å². The van der Waals surface area contributed by atoms with E-state index in [2.05, 4.69) is 26.3 Å². The number of hydrogen-bond donors (Lipinski definition) is 1. The van der Waals surface area contributed by atoms with E-state index < -0.39 is 5.97 Å². The minimum absolute atomic E-state index is 0.104. The standard InChI is InChI=1S/C13H21N3O2S/c1-10-9-11(14-7-5-4-6-8-19-3)16-12(15-10)13(17)18-2/h9H,4-8H2,1-3H3,(H,14,15,16). The van der Waals surface area contributed by atoms with Crippen molar-refractivity contribution in [3.05, 3.63) is 17.6 Å². The molecule has 1 aromatic heterocycles. The zero-order valence-corrected chi connectivity index (χ0v) is 12.5. The second kappa shape index (κ2) is 8.74. The van der Waals surface area contributed by atoms with Crippen LogP contribution in [0.5, 0.6) is 0 Å². The predicted molar refractivity (Wildman–Crippen MR) is 78.8 cm³/mol. The molecule has 1 heterocycles. The van der Waals surface area contributed by atoms with Gasteiger partial charge in [-0.15, -0.1) is 0 Å². The number of hydrogen-bond acceptors (Lipinski definition) is 6. The second-order valence-corrected chi connectivity index (χ2v) is 5.18. The number of ether oxygens (including phenoxy) is 1. The number of aryl methyl sites for hydroxylation is 1. The fraction of sp³-hybridized carbons (Fsp3) is 0.615. The van der Waals surface area contributed by atoms with E-state index in [4.69, 9.17) is 0 Å². The molecule has 1 aromatic rings. The highest BCUT2D eigenvalue weighted by molar-refractivity contribution is 7.98. The van der Waals surface area contributed by atoms with Gasteiger partial charge < -0.3 is 10.1 Å². The highest BCUT2D eigenvalue weighted by atomic mass is 32.2. The molecule has 0 spiro atoms. The van der Waals surface area contributed by atoms with Crippen molar-refractivity contribution in [3.8, 4) is 0 Å². The fourth-order valence-electron chi connectivity index (χ4n) is 1.61. The van der Waals surface area contributed by atoms with Gasteiger partial charge in [-0.1, -0.05) is 6.42 Å². The molecule has 0 aromatic carbocycles. The quantitative estimate of drug-likeness (QED) is 0.584. The van der Waals surface area contributed by atoms with Crippen LogP contribution in [0.25, 0.3) is 0 Å². The van der Waals surface area contributed by atoms with Gasteiger partial charge in [0.1, 0.15) is 5.82 Å². The number of anilines is 1. The molecule has 0 saturated carbocycles. The minimum Gasteiger partial charge on any atom is -0.463 e. The van der Waals surface area contributed by atoms with Crippen LogP contribution < -0.4 is 5.32 Å². The summed E-state index contributed by atoms with van der Waals surface area (Å²) in [5, 5.41) is 3.22. The molecule has 0 atom stereocenters. The molecule has 0 aliphatic rings. The molecule has 0 bridgehead atoms. The SMILES string of the molecule is COC(=O)c1nc(C)cc(NCCCCCSC)n1. The first-order valence-corrected chi connectivity index (χ1v) is 7.73. The Morgan fingerprint density at radius 2 is 2.16 bits per heavy atom. The van der Waals surface area contributed by atoms with Crippen LogP contribution in [0.4, 0.5) is 5.82 Å². The molecular weight excluding hydrogens is 262 g/mol. The summed E-state index contributed by atoms with van der Waals surface area (Å²) < 4.78 is 4.62. The van der Waals surface area contributed by atoms with Crippen molar-refractivity contribution in [2.45, 2.75) is 26.2 Å². The monoisotopic (exact) mass is 283 g/mol. The summed E-state index contributed by atoms with van der Waals surface area (Å²) in [4.78, 5) is 19.6. The first kappa shape index (κ1) is 15.8. The maximum atomic E-state index is 11.4. The van der Waals surface area contributed by atoms with Crippen LogP contribution >= 0.6 is 11.8 Å². The van der Waals surface area contributed by atoms with Crippen molar-refractivity contribution in [2.24, 2.45) is 0 Å². The molecular formula is C13H21N3O2S. The third-order valence-electron chi connectivity index (χ3n) is 2.55. The third-order valence-corrected chi connectivity index (χ3v) is 3.25. The largest absolute Gasteiger partial charge is 0.463 e. The van der Waals surface area contributed by atoms with Crippen LogP contribution in [0, 0.1) is 6.92 Å². The molecule has 5 nitrogen and oxygen atoms in total. The van der Waals surface area contributed by atoms with Crippen molar-refractivity contribution in [1.82, 2.24) is 9.97 Å². The first-order chi connectivity index (χ1) is 9.17. The van der Waals surface area contributed by atoms with Gasteiger partial charge in [-0.25, -0.2) is 14.8 Å². The fourth-order valence-corrected chi connectivity index (χ4v) is 2.10. The van der Waals surface area contributed by atoms with Crippen LogP contribution in [-0.4, -0.2) is 41.6 Å². The minimum atomic E-state index is -0.508. The third kappa shape index (κ3) is 5.92. The van der Waals surface area contributed by atoms with E-state index in [9.17, 15) is 4.79 Å². The lowest BCUT2D eigenvalue weighted by Gasteiger charge is -2.07. The average Bonchev–Trinajstić information content (AvgIpc) is 2.41. The van der Waals surface area contributed by atoms with Gasteiger partial charge in [-0.3, -0.25) is 0 Å². The summed E-state index contributed by atoms with van der Waals surface area (Å²) in [6.07, 6.45) is 5.65. The van der Waals surface area contributed by atoms with Crippen molar-refractivity contribution in [2.75, 3.05) is 31.0 Å². The Morgan fingerprint density at radius 1 is 1.37 bits per heavy atom. The van der Waals surface area contributed by atoms with Crippen molar-refractivity contribution in [1.29, 1.82) is 0 Å². The zero-order valence-electron chi connectivity index (χ0n) is 11.7. The van der Waals surface area contributed by atoms with Crippen LogP contribution in [0.15, 0.2) is 6.07 Å². The van der Waals surface area contributed by atoms with E-state index in [1.807, 2.05) is 24.8 Å². The average molecular weight is 283 g/mol. The summed E-state index contributed by atoms with van der Waals surface area (Å²) in [6, 6.07) is 1.83. The van der Waals surface area contributed by atoms with E-state index >= 15 is 0 Å². The molecule has 0 aliphatic heterocycles. The van der Waals surface area contributed by atoms with E-state index in [1.54, 1.807) is 0 Å². The molecule has 0 radical (unpaired) electrons. The maximum Gasteiger partial charge on any atom is 0.376 e. The number of unbranched alkanes of at least 4 members (excludes halogenated alkanes) is 2. The highest BCUT2D eigenvalue weighted by Gasteiger charge is 2.10. The Bertz CT molecular complexity index is 413. The van der Waals surface area contributed by atoms with E-state index in [-0.39, 0.29) is 5.82 Å². The number of carbonyl (C=O) groups excluding carboxylic acids is 1. The molecule has 19 heavy (non-hydrogen) atoms. The van der Waals surface area contributed by atoms with Crippen molar-refractivity contribution < 1.29 is 9.53 Å². The Labute approximate surface area is 118 Å². The van der Waals surface area contributed by atoms with E-state index in [0.29, 0.717) is 5.82 Å². The molecule has 0 aliphatic carbocycles. The van der Waals surface area contributed by atoms with Crippen LogP contribution in [0.3, 0.4) is 0 Å². The number of nitrogens with zero attached hydrogens (tertiary/aromatic N) is 2. The highest BCUT2D eigenvalue weighted by Crippen LogP contribution is 2.08. The van der Waals surface area contributed by atoms with Gasteiger partial charge in [0, 0.05) is 18.3 Å². The molecule has 0 fully saturated rings. The summed E-state index contributed by atoms with van der Waals surface area (Å²) in [5.41, 5.74) is 0.750. The zero-order chi connectivity index (χ0) is 14.1. The smallest absolute Gasteiger partial charge is 0.376 e.